The van der Waals surface area contributed by atoms with Crippen LogP contribution in [0.1, 0.15) is 71.6 Å². The van der Waals surface area contributed by atoms with E-state index in [0.717, 1.165) is 25.2 Å². The first kappa shape index (κ1) is 15.8. The molecule has 1 amide bonds. The summed E-state index contributed by atoms with van der Waals surface area (Å²) < 4.78 is 0. The highest BCUT2D eigenvalue weighted by molar-refractivity contribution is 5.79. The SMILES string of the molecule is CCCC1CCC(NC(=O)C2CCC(C)C(N)C2)CC1. The van der Waals surface area contributed by atoms with Gasteiger partial charge in [0.05, 0.1) is 0 Å². The van der Waals surface area contributed by atoms with E-state index in [1.54, 1.807) is 0 Å². The molecule has 2 aliphatic carbocycles. The second kappa shape index (κ2) is 7.44. The minimum absolute atomic E-state index is 0.162. The Hall–Kier alpha value is -0.570. The zero-order valence-electron chi connectivity index (χ0n) is 13.2. The summed E-state index contributed by atoms with van der Waals surface area (Å²) in [4.78, 5) is 12.4. The van der Waals surface area contributed by atoms with E-state index in [1.807, 2.05) is 0 Å². The van der Waals surface area contributed by atoms with Crippen molar-refractivity contribution in [3.63, 3.8) is 0 Å². The molecule has 2 rings (SSSR count). The smallest absolute Gasteiger partial charge is 0.223 e. The Morgan fingerprint density at radius 3 is 2.45 bits per heavy atom. The van der Waals surface area contributed by atoms with E-state index >= 15 is 0 Å². The normalized spacial score (nSPS) is 38.5. The molecule has 0 aliphatic heterocycles. The lowest BCUT2D eigenvalue weighted by atomic mass is 9.78. The first-order valence-electron chi connectivity index (χ1n) is 8.66. The maximum absolute atomic E-state index is 12.4. The molecular weight excluding hydrogens is 248 g/mol. The van der Waals surface area contributed by atoms with Crippen LogP contribution in [0.3, 0.4) is 0 Å². The van der Waals surface area contributed by atoms with E-state index in [4.69, 9.17) is 5.73 Å². The zero-order valence-corrected chi connectivity index (χ0v) is 13.2. The number of nitrogens with one attached hydrogen (secondary N) is 1. The predicted octanol–water partition coefficient (Wildman–Crippen LogP) is 3.23. The average Bonchev–Trinajstić information content (AvgIpc) is 2.44. The lowest BCUT2D eigenvalue weighted by Gasteiger charge is -2.34. The van der Waals surface area contributed by atoms with E-state index in [1.165, 1.54) is 38.5 Å². The summed E-state index contributed by atoms with van der Waals surface area (Å²) in [5, 5.41) is 3.29. The maximum Gasteiger partial charge on any atom is 0.223 e. The summed E-state index contributed by atoms with van der Waals surface area (Å²) in [5.41, 5.74) is 6.11. The van der Waals surface area contributed by atoms with Crippen molar-refractivity contribution >= 4 is 5.91 Å². The Balaban J connectivity index is 1.72. The van der Waals surface area contributed by atoms with Crippen molar-refractivity contribution in [3.8, 4) is 0 Å². The van der Waals surface area contributed by atoms with Crippen LogP contribution in [-0.2, 0) is 4.79 Å². The van der Waals surface area contributed by atoms with Crippen molar-refractivity contribution in [1.82, 2.24) is 5.32 Å². The fourth-order valence-corrected chi connectivity index (χ4v) is 3.92. The molecule has 116 valence electrons. The van der Waals surface area contributed by atoms with E-state index < -0.39 is 0 Å². The van der Waals surface area contributed by atoms with Crippen molar-refractivity contribution < 1.29 is 4.79 Å². The van der Waals surface area contributed by atoms with Crippen LogP contribution in [0.15, 0.2) is 0 Å². The number of amides is 1. The fraction of sp³-hybridized carbons (Fsp3) is 0.941. The number of nitrogens with two attached hydrogens (primary N) is 1. The lowest BCUT2D eigenvalue weighted by Crippen LogP contribution is -2.45. The van der Waals surface area contributed by atoms with Gasteiger partial charge in [-0.1, -0.05) is 26.7 Å². The van der Waals surface area contributed by atoms with Gasteiger partial charge in [-0.2, -0.15) is 0 Å². The van der Waals surface area contributed by atoms with Crippen LogP contribution in [0.5, 0.6) is 0 Å². The van der Waals surface area contributed by atoms with Gasteiger partial charge in [-0.3, -0.25) is 4.79 Å². The Morgan fingerprint density at radius 1 is 1.15 bits per heavy atom. The third-order valence-electron chi connectivity index (χ3n) is 5.52. The first-order valence-corrected chi connectivity index (χ1v) is 8.66. The minimum Gasteiger partial charge on any atom is -0.353 e. The van der Waals surface area contributed by atoms with E-state index in [9.17, 15) is 4.79 Å². The summed E-state index contributed by atoms with van der Waals surface area (Å²) in [6, 6.07) is 0.631. The highest BCUT2D eigenvalue weighted by Crippen LogP contribution is 2.30. The van der Waals surface area contributed by atoms with Crippen LogP contribution in [0, 0.1) is 17.8 Å². The van der Waals surface area contributed by atoms with Crippen molar-refractivity contribution in [1.29, 1.82) is 0 Å². The van der Waals surface area contributed by atoms with E-state index in [-0.39, 0.29) is 17.9 Å². The number of carbonyl (C=O) groups is 1. The second-order valence-corrected chi connectivity index (χ2v) is 7.17. The molecule has 0 spiro atoms. The molecule has 2 saturated carbocycles. The average molecular weight is 280 g/mol. The van der Waals surface area contributed by atoms with E-state index in [0.29, 0.717) is 12.0 Å². The highest BCUT2D eigenvalue weighted by atomic mass is 16.1. The highest BCUT2D eigenvalue weighted by Gasteiger charge is 2.31. The van der Waals surface area contributed by atoms with Crippen LogP contribution in [0.2, 0.25) is 0 Å². The maximum atomic E-state index is 12.4. The van der Waals surface area contributed by atoms with Gasteiger partial charge in [-0.05, 0) is 56.8 Å². The van der Waals surface area contributed by atoms with Crippen LogP contribution in [-0.4, -0.2) is 18.0 Å². The summed E-state index contributed by atoms with van der Waals surface area (Å²) >= 11 is 0. The predicted molar refractivity (Wildman–Crippen MR) is 83.3 cm³/mol. The van der Waals surface area contributed by atoms with Gasteiger partial charge in [0.15, 0.2) is 0 Å². The molecule has 0 aromatic rings. The van der Waals surface area contributed by atoms with Gasteiger partial charge in [0.1, 0.15) is 0 Å². The molecule has 0 bridgehead atoms. The van der Waals surface area contributed by atoms with Crippen molar-refractivity contribution in [2.75, 3.05) is 0 Å². The van der Waals surface area contributed by atoms with Crippen molar-refractivity contribution in [3.05, 3.63) is 0 Å². The summed E-state index contributed by atoms with van der Waals surface area (Å²) in [6.07, 6.45) is 10.6. The molecule has 0 saturated heterocycles. The Morgan fingerprint density at radius 2 is 1.85 bits per heavy atom. The molecule has 0 aromatic carbocycles. The number of rotatable bonds is 4. The van der Waals surface area contributed by atoms with Gasteiger partial charge >= 0.3 is 0 Å². The molecular formula is C17H32N2O. The quantitative estimate of drug-likeness (QED) is 0.830. The Labute approximate surface area is 124 Å². The molecule has 3 unspecified atom stereocenters. The fourth-order valence-electron chi connectivity index (χ4n) is 3.92. The van der Waals surface area contributed by atoms with Crippen molar-refractivity contribution in [2.45, 2.75) is 83.7 Å². The van der Waals surface area contributed by atoms with E-state index in [2.05, 4.69) is 19.2 Å². The van der Waals surface area contributed by atoms with Crippen molar-refractivity contribution in [2.24, 2.45) is 23.5 Å². The molecule has 0 heterocycles. The Bertz CT molecular complexity index is 310. The summed E-state index contributed by atoms with van der Waals surface area (Å²) in [6.45, 7) is 4.47. The van der Waals surface area contributed by atoms with Crippen LogP contribution < -0.4 is 11.1 Å². The van der Waals surface area contributed by atoms with Gasteiger partial charge in [0, 0.05) is 18.0 Å². The van der Waals surface area contributed by atoms with Gasteiger partial charge in [0.2, 0.25) is 5.91 Å². The molecule has 0 aromatic heterocycles. The largest absolute Gasteiger partial charge is 0.353 e. The molecule has 3 nitrogen and oxygen atoms in total. The van der Waals surface area contributed by atoms with Gasteiger partial charge in [-0.15, -0.1) is 0 Å². The summed E-state index contributed by atoms with van der Waals surface area (Å²) in [5.74, 6) is 1.90. The molecule has 3 atom stereocenters. The van der Waals surface area contributed by atoms with Crippen LogP contribution in [0.4, 0.5) is 0 Å². The molecule has 3 heteroatoms. The Kier molecular flexibility index (Phi) is 5.88. The topological polar surface area (TPSA) is 55.1 Å². The molecule has 20 heavy (non-hydrogen) atoms. The minimum atomic E-state index is 0.162. The monoisotopic (exact) mass is 280 g/mol. The van der Waals surface area contributed by atoms with Crippen LogP contribution >= 0.6 is 0 Å². The van der Waals surface area contributed by atoms with Crippen LogP contribution in [0.25, 0.3) is 0 Å². The zero-order chi connectivity index (χ0) is 14.5. The molecule has 2 aliphatic rings. The molecule has 3 N–H and O–H groups in total. The third-order valence-corrected chi connectivity index (χ3v) is 5.52. The third kappa shape index (κ3) is 4.21. The number of carbonyl (C=O) groups excluding carboxylic acids is 1. The molecule has 0 radical (unpaired) electrons. The van der Waals surface area contributed by atoms with Gasteiger partial charge < -0.3 is 11.1 Å². The molecule has 2 fully saturated rings. The second-order valence-electron chi connectivity index (χ2n) is 7.17. The van der Waals surface area contributed by atoms with Gasteiger partial charge in [-0.25, -0.2) is 0 Å². The standard InChI is InChI=1S/C17H32N2O/c1-3-4-13-6-9-15(10-7-13)19-17(20)14-8-5-12(2)16(18)11-14/h12-16H,3-11,18H2,1-2H3,(H,19,20). The summed E-state index contributed by atoms with van der Waals surface area (Å²) in [7, 11) is 0. The van der Waals surface area contributed by atoms with Gasteiger partial charge in [0.25, 0.3) is 0 Å². The lowest BCUT2D eigenvalue weighted by molar-refractivity contribution is -0.127. The number of hydrogen-bond acceptors (Lipinski definition) is 2. The number of hydrogen-bond donors (Lipinski definition) is 2. The first-order chi connectivity index (χ1) is 9.60.